The SMILES string of the molecule is CC(C)c1cccc(C(C)C)c1[N]C=CNc1c(C(C)C)cccc1C(C)C. The highest BCUT2D eigenvalue weighted by Crippen LogP contribution is 2.34. The number of hydrogen-bond donors (Lipinski definition) is 1. The Morgan fingerprint density at radius 3 is 1.43 bits per heavy atom. The lowest BCUT2D eigenvalue weighted by Crippen LogP contribution is -2.05. The van der Waals surface area contributed by atoms with E-state index in [1.54, 1.807) is 0 Å². The molecular formula is C26H37N2. The molecule has 0 aliphatic rings. The number of hydrogen-bond acceptors (Lipinski definition) is 1. The Morgan fingerprint density at radius 2 is 1.04 bits per heavy atom. The van der Waals surface area contributed by atoms with E-state index in [2.05, 4.69) is 97.1 Å². The molecule has 0 unspecified atom stereocenters. The highest BCUT2D eigenvalue weighted by atomic mass is 14.9. The van der Waals surface area contributed by atoms with Gasteiger partial charge in [-0.2, -0.15) is 0 Å². The van der Waals surface area contributed by atoms with Crippen molar-refractivity contribution in [1.29, 1.82) is 0 Å². The maximum absolute atomic E-state index is 4.87. The Hall–Kier alpha value is -2.22. The molecule has 2 heteroatoms. The van der Waals surface area contributed by atoms with Crippen LogP contribution in [0, 0.1) is 0 Å². The summed E-state index contributed by atoms with van der Waals surface area (Å²) in [5, 5.41) is 8.41. The molecule has 2 rings (SSSR count). The summed E-state index contributed by atoms with van der Waals surface area (Å²) in [6.45, 7) is 17.9. The molecular weight excluding hydrogens is 340 g/mol. The topological polar surface area (TPSA) is 26.1 Å². The third kappa shape index (κ3) is 5.19. The van der Waals surface area contributed by atoms with E-state index in [-0.39, 0.29) is 0 Å². The van der Waals surface area contributed by atoms with Gasteiger partial charge in [0.1, 0.15) is 0 Å². The number of benzene rings is 2. The average Bonchev–Trinajstić information content (AvgIpc) is 2.64. The van der Waals surface area contributed by atoms with Crippen LogP contribution >= 0.6 is 0 Å². The molecule has 0 bridgehead atoms. The van der Waals surface area contributed by atoms with Crippen LogP contribution in [-0.2, 0) is 0 Å². The van der Waals surface area contributed by atoms with Gasteiger partial charge < -0.3 is 5.32 Å². The van der Waals surface area contributed by atoms with Crippen LogP contribution < -0.4 is 10.6 Å². The Labute approximate surface area is 172 Å². The van der Waals surface area contributed by atoms with Crippen LogP contribution in [0.1, 0.15) is 101 Å². The minimum atomic E-state index is 0.452. The normalized spacial score (nSPS) is 12.0. The summed E-state index contributed by atoms with van der Waals surface area (Å²) in [5.41, 5.74) is 7.65. The van der Waals surface area contributed by atoms with Crippen LogP contribution in [0.3, 0.4) is 0 Å². The van der Waals surface area contributed by atoms with E-state index in [4.69, 9.17) is 5.32 Å². The van der Waals surface area contributed by atoms with Gasteiger partial charge in [-0.1, -0.05) is 91.8 Å². The van der Waals surface area contributed by atoms with Crippen molar-refractivity contribution in [2.45, 2.75) is 79.1 Å². The molecule has 0 atom stereocenters. The van der Waals surface area contributed by atoms with E-state index < -0.39 is 0 Å². The fraction of sp³-hybridized carbons (Fsp3) is 0.462. The maximum atomic E-state index is 4.87. The minimum absolute atomic E-state index is 0.452. The van der Waals surface area contributed by atoms with E-state index in [1.807, 2.05) is 12.4 Å². The van der Waals surface area contributed by atoms with Gasteiger partial charge in [0.05, 0.1) is 5.69 Å². The van der Waals surface area contributed by atoms with Gasteiger partial charge in [-0.3, -0.25) is 5.32 Å². The fourth-order valence-electron chi connectivity index (χ4n) is 3.61. The number of para-hydroxylation sites is 2. The Kier molecular flexibility index (Phi) is 7.74. The van der Waals surface area contributed by atoms with Gasteiger partial charge in [0, 0.05) is 18.1 Å². The third-order valence-corrected chi connectivity index (χ3v) is 5.22. The van der Waals surface area contributed by atoms with Crippen molar-refractivity contribution in [2.75, 3.05) is 5.32 Å². The zero-order valence-electron chi connectivity index (χ0n) is 18.9. The maximum Gasteiger partial charge on any atom is 0.0699 e. The second-order valence-corrected chi connectivity index (χ2v) is 8.80. The summed E-state index contributed by atoms with van der Waals surface area (Å²) in [5.74, 6) is 1.85. The predicted molar refractivity (Wildman–Crippen MR) is 124 cm³/mol. The van der Waals surface area contributed by atoms with Gasteiger partial charge in [-0.05, 0) is 45.9 Å². The van der Waals surface area contributed by atoms with Crippen LogP contribution in [0.25, 0.3) is 0 Å². The number of rotatable bonds is 8. The first-order chi connectivity index (χ1) is 13.2. The summed E-state index contributed by atoms with van der Waals surface area (Å²) in [7, 11) is 0. The average molecular weight is 378 g/mol. The van der Waals surface area contributed by atoms with Crippen LogP contribution in [0.4, 0.5) is 11.4 Å². The zero-order chi connectivity index (χ0) is 20.8. The summed E-state index contributed by atoms with van der Waals surface area (Å²) in [6, 6.07) is 13.1. The van der Waals surface area contributed by atoms with Gasteiger partial charge >= 0.3 is 0 Å². The summed E-state index contributed by atoms with van der Waals surface area (Å²) in [6.07, 6.45) is 3.89. The lowest BCUT2D eigenvalue weighted by atomic mass is 9.92. The number of nitrogens with zero attached hydrogens (tertiary/aromatic N) is 1. The smallest absolute Gasteiger partial charge is 0.0699 e. The van der Waals surface area contributed by atoms with Gasteiger partial charge in [0.2, 0.25) is 0 Å². The highest BCUT2D eigenvalue weighted by Gasteiger charge is 2.14. The first-order valence-electron chi connectivity index (χ1n) is 10.6. The monoisotopic (exact) mass is 377 g/mol. The highest BCUT2D eigenvalue weighted by molar-refractivity contribution is 5.62. The van der Waals surface area contributed by atoms with E-state index in [0.29, 0.717) is 23.7 Å². The van der Waals surface area contributed by atoms with Crippen molar-refractivity contribution in [3.63, 3.8) is 0 Å². The molecule has 0 aromatic heterocycles. The van der Waals surface area contributed by atoms with Crippen molar-refractivity contribution in [2.24, 2.45) is 0 Å². The molecule has 0 spiro atoms. The second kappa shape index (κ2) is 9.82. The Morgan fingerprint density at radius 1 is 0.643 bits per heavy atom. The summed E-state index contributed by atoms with van der Waals surface area (Å²) in [4.78, 5) is 0. The molecule has 2 nitrogen and oxygen atoms in total. The van der Waals surface area contributed by atoms with Crippen molar-refractivity contribution in [3.05, 3.63) is 71.1 Å². The molecule has 0 heterocycles. The summed E-state index contributed by atoms with van der Waals surface area (Å²) < 4.78 is 0. The quantitative estimate of drug-likeness (QED) is 0.495. The standard InChI is InChI=1S/C26H37N2/c1-17(2)21-11-9-12-22(18(3)4)25(21)27-15-16-28-26-23(19(5)6)13-10-14-24(26)20(7)8/h9-20,27H,1-8H3. The van der Waals surface area contributed by atoms with Gasteiger partial charge in [-0.15, -0.1) is 0 Å². The summed E-state index contributed by atoms with van der Waals surface area (Å²) >= 11 is 0. The van der Waals surface area contributed by atoms with Gasteiger partial charge in [0.15, 0.2) is 0 Å². The van der Waals surface area contributed by atoms with Gasteiger partial charge in [-0.25, -0.2) is 0 Å². The van der Waals surface area contributed by atoms with E-state index in [9.17, 15) is 0 Å². The van der Waals surface area contributed by atoms with Crippen molar-refractivity contribution in [3.8, 4) is 0 Å². The van der Waals surface area contributed by atoms with Crippen LogP contribution in [0.5, 0.6) is 0 Å². The van der Waals surface area contributed by atoms with E-state index in [1.165, 1.54) is 27.9 Å². The van der Waals surface area contributed by atoms with Crippen LogP contribution in [0.15, 0.2) is 48.8 Å². The van der Waals surface area contributed by atoms with E-state index >= 15 is 0 Å². The number of anilines is 1. The first kappa shape index (κ1) is 22.1. The molecule has 1 N–H and O–H groups in total. The molecule has 1 radical (unpaired) electrons. The largest absolute Gasteiger partial charge is 0.360 e. The van der Waals surface area contributed by atoms with Gasteiger partial charge in [0.25, 0.3) is 0 Å². The Balaban J connectivity index is 2.29. The second-order valence-electron chi connectivity index (χ2n) is 8.80. The molecule has 151 valence electrons. The molecule has 0 aliphatic heterocycles. The fourth-order valence-corrected chi connectivity index (χ4v) is 3.61. The minimum Gasteiger partial charge on any atom is -0.360 e. The molecule has 0 amide bonds. The molecule has 2 aromatic rings. The van der Waals surface area contributed by atoms with Crippen molar-refractivity contribution >= 4 is 11.4 Å². The lowest BCUT2D eigenvalue weighted by Gasteiger charge is -2.20. The van der Waals surface area contributed by atoms with Crippen LogP contribution in [-0.4, -0.2) is 0 Å². The van der Waals surface area contributed by atoms with Crippen molar-refractivity contribution in [1.82, 2.24) is 5.32 Å². The molecule has 0 saturated heterocycles. The Bertz CT molecular complexity index is 678. The number of nitrogens with one attached hydrogen (secondary N) is 1. The molecule has 0 saturated carbocycles. The molecule has 0 aliphatic carbocycles. The molecule has 0 fully saturated rings. The lowest BCUT2D eigenvalue weighted by molar-refractivity contribution is 0.820. The zero-order valence-corrected chi connectivity index (χ0v) is 18.9. The first-order valence-corrected chi connectivity index (χ1v) is 10.6. The molecule has 28 heavy (non-hydrogen) atoms. The molecule has 2 aromatic carbocycles. The van der Waals surface area contributed by atoms with Crippen molar-refractivity contribution < 1.29 is 0 Å². The third-order valence-electron chi connectivity index (χ3n) is 5.22. The van der Waals surface area contributed by atoms with Crippen LogP contribution in [0.2, 0.25) is 0 Å². The van der Waals surface area contributed by atoms with E-state index in [0.717, 1.165) is 5.69 Å². The predicted octanol–water partition coefficient (Wildman–Crippen LogP) is 8.00.